The molecule has 1 radical (unpaired) electrons. The maximum atomic E-state index is 9.42. The lowest BCUT2D eigenvalue weighted by Gasteiger charge is -2.15. The number of H-pyrrole nitrogens is 1. The fraction of sp³-hybridized carbons (Fsp3) is 0.167. The molecule has 0 saturated heterocycles. The predicted molar refractivity (Wildman–Crippen MR) is 121 cm³/mol. The van der Waals surface area contributed by atoms with E-state index in [0.717, 1.165) is 35.6 Å². The third-order valence-electron chi connectivity index (χ3n) is 5.27. The first-order valence-electron chi connectivity index (χ1n) is 10.1. The molecule has 1 aliphatic rings. The van der Waals surface area contributed by atoms with Gasteiger partial charge in [0.25, 0.3) is 0 Å². The molecule has 0 amide bonds. The molecule has 3 heterocycles. The van der Waals surface area contributed by atoms with Crippen molar-refractivity contribution in [2.24, 2.45) is 5.11 Å². The van der Waals surface area contributed by atoms with E-state index in [4.69, 9.17) is 4.74 Å². The largest absolute Gasteiger partial charge is 0.445 e. The second kappa shape index (κ2) is 9.21. The predicted octanol–water partition coefficient (Wildman–Crippen LogP) is 4.62. The van der Waals surface area contributed by atoms with Crippen LogP contribution in [-0.4, -0.2) is 21.5 Å². The number of aryl methyl sites for hydroxylation is 1. The summed E-state index contributed by atoms with van der Waals surface area (Å²) in [6.07, 6.45) is 9.35. The fourth-order valence-corrected chi connectivity index (χ4v) is 3.71. The molecule has 7 heteroatoms. The number of anilines is 1. The van der Waals surface area contributed by atoms with Crippen molar-refractivity contribution in [3.63, 3.8) is 0 Å². The summed E-state index contributed by atoms with van der Waals surface area (Å²) in [5.74, 6) is 0.0978. The quantitative estimate of drug-likeness (QED) is 0.554. The lowest BCUT2D eigenvalue weighted by atomic mass is 9.99. The first kappa shape index (κ1) is 20.3. The first-order chi connectivity index (χ1) is 15.2. The van der Waals surface area contributed by atoms with Gasteiger partial charge in [-0.05, 0) is 72.9 Å². The summed E-state index contributed by atoms with van der Waals surface area (Å²) < 4.78 is 5.38. The molecule has 0 spiro atoms. The van der Waals surface area contributed by atoms with Gasteiger partial charge in [-0.25, -0.2) is 9.97 Å². The molecule has 0 saturated carbocycles. The number of para-hydroxylation sites is 1. The molecule has 4 rings (SSSR count). The molecule has 0 fully saturated rings. The van der Waals surface area contributed by atoms with Gasteiger partial charge in [-0.3, -0.25) is 0 Å². The summed E-state index contributed by atoms with van der Waals surface area (Å²) in [5.41, 5.74) is 17.2. The molecule has 0 aliphatic carbocycles. The highest BCUT2D eigenvalue weighted by molar-refractivity contribution is 5.87. The summed E-state index contributed by atoms with van der Waals surface area (Å²) in [6, 6.07) is 11.9. The van der Waals surface area contributed by atoms with E-state index in [0.29, 0.717) is 11.3 Å². The van der Waals surface area contributed by atoms with Crippen LogP contribution in [0.15, 0.2) is 77.8 Å². The molecule has 3 aromatic rings. The maximum absolute atomic E-state index is 9.42. The number of hydrogen-bond donors (Lipinski definition) is 2. The number of hydrogen-bond acceptors (Lipinski definition) is 5. The van der Waals surface area contributed by atoms with Crippen LogP contribution in [0.1, 0.15) is 28.2 Å². The molecule has 0 unspecified atom stereocenters. The fourth-order valence-electron chi connectivity index (χ4n) is 3.71. The number of nitrogens with zero attached hydrogens (tertiary/aromatic N) is 4. The van der Waals surface area contributed by atoms with Gasteiger partial charge in [0.15, 0.2) is 0 Å². The maximum Gasteiger partial charge on any atom is 0.250 e. The first-order valence-corrected chi connectivity index (χ1v) is 10.1. The van der Waals surface area contributed by atoms with E-state index < -0.39 is 0 Å². The Morgan fingerprint density at radius 1 is 1.19 bits per heavy atom. The van der Waals surface area contributed by atoms with E-state index in [9.17, 15) is 5.53 Å². The minimum atomic E-state index is 0.0978. The van der Waals surface area contributed by atoms with Crippen molar-refractivity contribution >= 4 is 17.3 Å². The van der Waals surface area contributed by atoms with Crippen molar-refractivity contribution in [3.8, 4) is 0 Å². The zero-order valence-corrected chi connectivity index (χ0v) is 17.5. The lowest BCUT2D eigenvalue weighted by Crippen LogP contribution is -2.05. The molecule has 31 heavy (non-hydrogen) atoms. The zero-order valence-electron chi connectivity index (χ0n) is 17.5. The van der Waals surface area contributed by atoms with Gasteiger partial charge in [-0.2, -0.15) is 0 Å². The van der Waals surface area contributed by atoms with Gasteiger partial charge in [0.2, 0.25) is 5.88 Å². The van der Waals surface area contributed by atoms with Crippen LogP contribution >= 0.6 is 0 Å². The lowest BCUT2D eigenvalue weighted by molar-refractivity contribution is 0.341. The standard InChI is InChI=1S/C24H23N6O/c1-16-20(8-12-27-19-6-4-3-5-7-19)17(2)29-22(16)14-18-10-13-31-24(30-25)23(18)21-9-11-26-15-28-21/h3-7,9-11,13-15,27,29H,8,12H2,1-2H3. The number of benzene rings is 1. The van der Waals surface area contributed by atoms with E-state index >= 15 is 0 Å². The summed E-state index contributed by atoms with van der Waals surface area (Å²) in [7, 11) is 0. The van der Waals surface area contributed by atoms with Crippen LogP contribution in [0, 0.1) is 13.8 Å². The number of rotatable bonds is 7. The van der Waals surface area contributed by atoms with E-state index in [-0.39, 0.29) is 5.88 Å². The van der Waals surface area contributed by atoms with E-state index in [1.165, 1.54) is 23.7 Å². The third-order valence-corrected chi connectivity index (χ3v) is 5.27. The Morgan fingerprint density at radius 3 is 2.77 bits per heavy atom. The molecule has 2 aromatic heterocycles. The van der Waals surface area contributed by atoms with Gasteiger partial charge in [-0.1, -0.05) is 23.3 Å². The second-order valence-corrected chi connectivity index (χ2v) is 7.21. The molecule has 0 atom stereocenters. The Hall–Kier alpha value is -4.00. The van der Waals surface area contributed by atoms with Gasteiger partial charge in [0, 0.05) is 29.8 Å². The average molecular weight is 411 g/mol. The van der Waals surface area contributed by atoms with Gasteiger partial charge >= 0.3 is 0 Å². The number of allylic oxidation sites excluding steroid dienone is 3. The van der Waals surface area contributed by atoms with Gasteiger partial charge in [0.05, 0.1) is 17.5 Å². The van der Waals surface area contributed by atoms with E-state index in [2.05, 4.69) is 51.4 Å². The summed E-state index contributed by atoms with van der Waals surface area (Å²) in [6.45, 7) is 5.04. The summed E-state index contributed by atoms with van der Waals surface area (Å²) >= 11 is 0. The summed E-state index contributed by atoms with van der Waals surface area (Å²) in [5, 5.41) is 6.76. The third kappa shape index (κ3) is 4.45. The van der Waals surface area contributed by atoms with Crippen molar-refractivity contribution in [1.29, 1.82) is 0 Å². The minimum absolute atomic E-state index is 0.0978. The number of aromatic nitrogens is 3. The minimum Gasteiger partial charge on any atom is -0.445 e. The van der Waals surface area contributed by atoms with Gasteiger partial charge in [-0.15, -0.1) is 0 Å². The molecular weight excluding hydrogens is 388 g/mol. The molecule has 1 aromatic carbocycles. The molecule has 0 bridgehead atoms. The zero-order chi connectivity index (χ0) is 21.6. The SMILES string of the molecule is Cc1[nH]c(C=C2C=COC(N=[N])=C2c2ccncn2)c(C)c1CCNc1ccccc1. The number of ether oxygens (including phenoxy) is 1. The molecule has 155 valence electrons. The van der Waals surface area contributed by atoms with Crippen molar-refractivity contribution in [2.75, 3.05) is 11.9 Å². The van der Waals surface area contributed by atoms with Crippen molar-refractivity contribution in [2.45, 2.75) is 20.3 Å². The highest BCUT2D eigenvalue weighted by atomic mass is 16.5. The Kier molecular flexibility index (Phi) is 6.03. The Balaban J connectivity index is 1.61. The van der Waals surface area contributed by atoms with Crippen LogP contribution in [0.3, 0.4) is 0 Å². The molecular formula is C24H23N6O. The molecule has 2 N–H and O–H groups in total. The van der Waals surface area contributed by atoms with Crippen LogP contribution in [0.4, 0.5) is 5.69 Å². The smallest absolute Gasteiger partial charge is 0.250 e. The van der Waals surface area contributed by atoms with E-state index in [1.54, 1.807) is 12.3 Å². The Labute approximate surface area is 181 Å². The molecule has 7 nitrogen and oxygen atoms in total. The van der Waals surface area contributed by atoms with Gasteiger partial charge in [0.1, 0.15) is 6.33 Å². The topological polar surface area (TPSA) is 97.5 Å². The van der Waals surface area contributed by atoms with Crippen LogP contribution < -0.4 is 10.8 Å². The van der Waals surface area contributed by atoms with Gasteiger partial charge < -0.3 is 15.0 Å². The monoisotopic (exact) mass is 411 g/mol. The average Bonchev–Trinajstić information content (AvgIpc) is 3.07. The van der Waals surface area contributed by atoms with E-state index in [1.807, 2.05) is 30.4 Å². The summed E-state index contributed by atoms with van der Waals surface area (Å²) in [4.78, 5) is 11.7. The van der Waals surface area contributed by atoms with Crippen LogP contribution in [0.5, 0.6) is 0 Å². The van der Waals surface area contributed by atoms with Crippen LogP contribution in [0.2, 0.25) is 0 Å². The van der Waals surface area contributed by atoms with Crippen molar-refractivity contribution < 1.29 is 4.74 Å². The number of nitrogens with one attached hydrogen (secondary N) is 2. The van der Waals surface area contributed by atoms with Crippen molar-refractivity contribution in [1.82, 2.24) is 20.5 Å². The van der Waals surface area contributed by atoms with Crippen molar-refractivity contribution in [3.05, 3.63) is 101 Å². The second-order valence-electron chi connectivity index (χ2n) is 7.21. The molecule has 1 aliphatic heterocycles. The Morgan fingerprint density at radius 2 is 2.03 bits per heavy atom. The highest BCUT2D eigenvalue weighted by Crippen LogP contribution is 2.33. The van der Waals surface area contributed by atoms with Crippen LogP contribution in [-0.2, 0) is 11.2 Å². The normalized spacial score (nSPS) is 14.6. The van der Waals surface area contributed by atoms with Crippen LogP contribution in [0.25, 0.3) is 11.6 Å². The Bertz CT molecular complexity index is 1160. The number of aromatic amines is 1. The highest BCUT2D eigenvalue weighted by Gasteiger charge is 2.20.